The lowest BCUT2D eigenvalue weighted by Gasteiger charge is -2.06. The highest BCUT2D eigenvalue weighted by atomic mass is 16.5. The molecule has 0 aliphatic rings. The minimum absolute atomic E-state index is 0.100. The molecule has 28 heavy (non-hydrogen) atoms. The van der Waals surface area contributed by atoms with E-state index >= 15 is 0 Å². The van der Waals surface area contributed by atoms with E-state index in [1.54, 1.807) is 0 Å². The Hall–Kier alpha value is -1.06. The van der Waals surface area contributed by atoms with Gasteiger partial charge in [0.25, 0.3) is 0 Å². The van der Waals surface area contributed by atoms with Crippen LogP contribution >= 0.6 is 0 Å². The quantitative estimate of drug-likeness (QED) is 0.152. The van der Waals surface area contributed by atoms with Crippen LogP contribution in [-0.2, 0) is 19.1 Å². The Bertz CT molecular complexity index is 355. The Morgan fingerprint density at radius 1 is 0.464 bits per heavy atom. The second-order valence-corrected chi connectivity index (χ2v) is 7.89. The second-order valence-electron chi connectivity index (χ2n) is 7.89. The minimum Gasteiger partial charge on any atom is -0.466 e. The molecule has 0 radical (unpaired) electrons. The standard InChI is InChI=1S/C24H46O4/c1-3-5-7-9-11-13-18-22-28-24(26)20-16-14-15-19-23(25)27-21-17-12-10-8-6-4-2/h3-22H2,1-2H3. The van der Waals surface area contributed by atoms with Crippen molar-refractivity contribution in [3.63, 3.8) is 0 Å². The fourth-order valence-corrected chi connectivity index (χ4v) is 3.17. The van der Waals surface area contributed by atoms with Gasteiger partial charge in [0.1, 0.15) is 0 Å². The Balaban J connectivity index is 3.29. The number of ether oxygens (including phenoxy) is 2. The lowest BCUT2D eigenvalue weighted by Crippen LogP contribution is -2.07. The smallest absolute Gasteiger partial charge is 0.305 e. The monoisotopic (exact) mass is 398 g/mol. The Morgan fingerprint density at radius 2 is 0.786 bits per heavy atom. The summed E-state index contributed by atoms with van der Waals surface area (Å²) in [4.78, 5) is 23.3. The molecule has 4 nitrogen and oxygen atoms in total. The summed E-state index contributed by atoms with van der Waals surface area (Å²) in [5, 5.41) is 0. The highest BCUT2D eigenvalue weighted by Gasteiger charge is 2.05. The average Bonchev–Trinajstić information content (AvgIpc) is 2.69. The number of carbonyl (C=O) groups excluding carboxylic acids is 2. The molecule has 0 amide bonds. The molecule has 0 unspecified atom stereocenters. The predicted molar refractivity (Wildman–Crippen MR) is 116 cm³/mol. The topological polar surface area (TPSA) is 52.6 Å². The molecule has 0 fully saturated rings. The summed E-state index contributed by atoms with van der Waals surface area (Å²) < 4.78 is 10.5. The first-order valence-corrected chi connectivity index (χ1v) is 12.0. The van der Waals surface area contributed by atoms with E-state index < -0.39 is 0 Å². The van der Waals surface area contributed by atoms with Crippen LogP contribution in [0.1, 0.15) is 129 Å². The van der Waals surface area contributed by atoms with Crippen molar-refractivity contribution < 1.29 is 19.1 Å². The largest absolute Gasteiger partial charge is 0.466 e. The van der Waals surface area contributed by atoms with Gasteiger partial charge < -0.3 is 9.47 Å². The van der Waals surface area contributed by atoms with Crippen molar-refractivity contribution >= 4 is 11.9 Å². The van der Waals surface area contributed by atoms with Gasteiger partial charge >= 0.3 is 11.9 Å². The fourth-order valence-electron chi connectivity index (χ4n) is 3.17. The maximum Gasteiger partial charge on any atom is 0.305 e. The van der Waals surface area contributed by atoms with Gasteiger partial charge in [-0.1, -0.05) is 90.9 Å². The first-order valence-electron chi connectivity index (χ1n) is 12.0. The zero-order valence-corrected chi connectivity index (χ0v) is 18.8. The van der Waals surface area contributed by atoms with Crippen LogP contribution in [0.15, 0.2) is 0 Å². The van der Waals surface area contributed by atoms with E-state index in [-0.39, 0.29) is 11.9 Å². The van der Waals surface area contributed by atoms with Crippen LogP contribution in [-0.4, -0.2) is 25.2 Å². The van der Waals surface area contributed by atoms with E-state index in [1.807, 2.05) is 0 Å². The van der Waals surface area contributed by atoms with Gasteiger partial charge in [-0.15, -0.1) is 0 Å². The van der Waals surface area contributed by atoms with Gasteiger partial charge in [0, 0.05) is 12.8 Å². The van der Waals surface area contributed by atoms with Crippen molar-refractivity contribution in [2.75, 3.05) is 13.2 Å². The normalized spacial score (nSPS) is 10.8. The SMILES string of the molecule is CCCCCCCCCOC(=O)CCCCCC(=O)OCCCCCCCC. The van der Waals surface area contributed by atoms with E-state index in [1.165, 1.54) is 57.8 Å². The molecule has 0 aromatic heterocycles. The van der Waals surface area contributed by atoms with Crippen LogP contribution in [0.25, 0.3) is 0 Å². The number of hydrogen-bond donors (Lipinski definition) is 0. The van der Waals surface area contributed by atoms with Crippen molar-refractivity contribution in [1.82, 2.24) is 0 Å². The van der Waals surface area contributed by atoms with Gasteiger partial charge in [-0.05, 0) is 25.7 Å². The maximum absolute atomic E-state index is 11.7. The van der Waals surface area contributed by atoms with Crippen LogP contribution in [0.5, 0.6) is 0 Å². The molecule has 4 heteroatoms. The summed E-state index contributed by atoms with van der Waals surface area (Å²) in [6.07, 6.45) is 19.2. The molecule has 0 aliphatic heterocycles. The fraction of sp³-hybridized carbons (Fsp3) is 0.917. The summed E-state index contributed by atoms with van der Waals surface area (Å²) in [5.74, 6) is -0.202. The highest BCUT2D eigenvalue weighted by Crippen LogP contribution is 2.09. The first-order chi connectivity index (χ1) is 13.7. The molecule has 0 N–H and O–H groups in total. The van der Waals surface area contributed by atoms with Crippen LogP contribution in [0.4, 0.5) is 0 Å². The number of rotatable bonds is 21. The van der Waals surface area contributed by atoms with Crippen LogP contribution < -0.4 is 0 Å². The third-order valence-corrected chi connectivity index (χ3v) is 5.03. The molecule has 0 spiro atoms. The Morgan fingerprint density at radius 3 is 1.18 bits per heavy atom. The van der Waals surface area contributed by atoms with Gasteiger partial charge in [0.05, 0.1) is 13.2 Å². The molecular formula is C24H46O4. The van der Waals surface area contributed by atoms with Gasteiger partial charge in [0.15, 0.2) is 0 Å². The molecule has 0 bridgehead atoms. The van der Waals surface area contributed by atoms with Crippen molar-refractivity contribution in [2.45, 2.75) is 129 Å². The van der Waals surface area contributed by atoms with Crippen molar-refractivity contribution in [2.24, 2.45) is 0 Å². The van der Waals surface area contributed by atoms with Crippen molar-refractivity contribution in [1.29, 1.82) is 0 Å². The summed E-state index contributed by atoms with van der Waals surface area (Å²) in [6.45, 7) is 5.54. The summed E-state index contributed by atoms with van der Waals surface area (Å²) in [5.41, 5.74) is 0. The minimum atomic E-state index is -0.102. The van der Waals surface area contributed by atoms with E-state index in [2.05, 4.69) is 13.8 Å². The molecule has 0 rings (SSSR count). The van der Waals surface area contributed by atoms with Crippen LogP contribution in [0.3, 0.4) is 0 Å². The van der Waals surface area contributed by atoms with Crippen LogP contribution in [0, 0.1) is 0 Å². The third-order valence-electron chi connectivity index (χ3n) is 5.03. The van der Waals surface area contributed by atoms with E-state index in [9.17, 15) is 9.59 Å². The number of unbranched alkanes of at least 4 members (excludes halogenated alkanes) is 13. The molecule has 0 saturated heterocycles. The zero-order chi connectivity index (χ0) is 20.7. The number of esters is 2. The Kier molecular flexibility index (Phi) is 21.4. The highest BCUT2D eigenvalue weighted by molar-refractivity contribution is 5.69. The maximum atomic E-state index is 11.7. The summed E-state index contributed by atoms with van der Waals surface area (Å²) in [7, 11) is 0. The van der Waals surface area contributed by atoms with Gasteiger partial charge in [-0.25, -0.2) is 0 Å². The van der Waals surface area contributed by atoms with E-state index in [0.29, 0.717) is 26.1 Å². The van der Waals surface area contributed by atoms with E-state index in [4.69, 9.17) is 9.47 Å². The molecule has 0 aromatic rings. The molecule has 0 aromatic carbocycles. The van der Waals surface area contributed by atoms with Crippen molar-refractivity contribution in [3.05, 3.63) is 0 Å². The first kappa shape index (κ1) is 26.9. The molecular weight excluding hydrogens is 352 g/mol. The number of carbonyl (C=O) groups is 2. The zero-order valence-electron chi connectivity index (χ0n) is 18.8. The molecule has 0 aliphatic carbocycles. The van der Waals surface area contributed by atoms with E-state index in [0.717, 1.165) is 44.9 Å². The van der Waals surface area contributed by atoms with Crippen molar-refractivity contribution in [3.8, 4) is 0 Å². The summed E-state index contributed by atoms with van der Waals surface area (Å²) >= 11 is 0. The molecule has 0 saturated carbocycles. The second kappa shape index (κ2) is 22.2. The van der Waals surface area contributed by atoms with Gasteiger partial charge in [0.2, 0.25) is 0 Å². The van der Waals surface area contributed by atoms with Crippen LogP contribution in [0.2, 0.25) is 0 Å². The molecule has 0 atom stereocenters. The summed E-state index contributed by atoms with van der Waals surface area (Å²) in [6, 6.07) is 0. The lowest BCUT2D eigenvalue weighted by atomic mass is 10.1. The predicted octanol–water partition coefficient (Wildman–Crippen LogP) is 7.13. The molecule has 0 heterocycles. The Labute approximate surface area is 174 Å². The number of hydrogen-bond acceptors (Lipinski definition) is 4. The van der Waals surface area contributed by atoms with Gasteiger partial charge in [-0.3, -0.25) is 9.59 Å². The lowest BCUT2D eigenvalue weighted by molar-refractivity contribution is -0.144. The average molecular weight is 399 g/mol. The third kappa shape index (κ3) is 21.2. The molecule has 166 valence electrons. The van der Waals surface area contributed by atoms with Gasteiger partial charge in [-0.2, -0.15) is 0 Å².